The lowest BCUT2D eigenvalue weighted by Crippen LogP contribution is -2.21. The Morgan fingerprint density at radius 3 is 2.50 bits per heavy atom. The monoisotopic (exact) mass is 271 g/mol. The van der Waals surface area contributed by atoms with Crippen LogP contribution in [0.1, 0.15) is 24.1 Å². The summed E-state index contributed by atoms with van der Waals surface area (Å²) in [6, 6.07) is 15.6. The van der Waals surface area contributed by atoms with E-state index >= 15 is 0 Å². The molecule has 0 radical (unpaired) electrons. The summed E-state index contributed by atoms with van der Waals surface area (Å²) in [4.78, 5) is 0. The van der Waals surface area contributed by atoms with Gasteiger partial charge in [0.1, 0.15) is 11.5 Å². The average molecular weight is 271 g/mol. The van der Waals surface area contributed by atoms with Crippen molar-refractivity contribution >= 4 is 0 Å². The minimum absolute atomic E-state index is 0.239. The first-order valence-electron chi connectivity index (χ1n) is 6.85. The van der Waals surface area contributed by atoms with E-state index in [1.54, 1.807) is 19.2 Å². The van der Waals surface area contributed by atoms with Crippen molar-refractivity contribution in [3.8, 4) is 11.5 Å². The summed E-state index contributed by atoms with van der Waals surface area (Å²) in [7, 11) is 1.70. The minimum atomic E-state index is 0.239. The summed E-state index contributed by atoms with van der Waals surface area (Å²) in [6.07, 6.45) is 0.930. The van der Waals surface area contributed by atoms with Gasteiger partial charge in [-0.15, -0.1) is 0 Å². The summed E-state index contributed by atoms with van der Waals surface area (Å²) < 4.78 is 5.38. The average Bonchev–Trinajstić information content (AvgIpc) is 2.49. The smallest absolute Gasteiger partial charge is 0.123 e. The zero-order chi connectivity index (χ0) is 14.4. The Labute approximate surface area is 120 Å². The number of aromatic hydroxyl groups is 1. The second-order valence-corrected chi connectivity index (χ2v) is 4.83. The van der Waals surface area contributed by atoms with Crippen molar-refractivity contribution < 1.29 is 9.84 Å². The molecule has 0 saturated heterocycles. The number of rotatable bonds is 6. The molecule has 0 aliphatic carbocycles. The van der Waals surface area contributed by atoms with Gasteiger partial charge >= 0.3 is 0 Å². The van der Waals surface area contributed by atoms with Crippen LogP contribution in [0.4, 0.5) is 0 Å². The number of methoxy groups -OCH3 is 1. The zero-order valence-electron chi connectivity index (χ0n) is 12.0. The van der Waals surface area contributed by atoms with Crippen molar-refractivity contribution in [2.24, 2.45) is 0 Å². The SMILES string of the molecule is COc1ccccc1C(C)NCCc1ccc(O)cc1. The molecule has 0 aliphatic heterocycles. The molecule has 3 heteroatoms. The molecule has 1 unspecified atom stereocenters. The summed E-state index contributed by atoms with van der Waals surface area (Å²) in [5.74, 6) is 1.22. The number of para-hydroxylation sites is 1. The molecular weight excluding hydrogens is 250 g/mol. The van der Waals surface area contributed by atoms with Gasteiger partial charge in [-0.25, -0.2) is 0 Å². The second kappa shape index (κ2) is 6.96. The van der Waals surface area contributed by atoms with Crippen molar-refractivity contribution in [1.29, 1.82) is 0 Å². The molecule has 0 aromatic heterocycles. The summed E-state index contributed by atoms with van der Waals surface area (Å²) in [6.45, 7) is 3.01. The molecule has 3 nitrogen and oxygen atoms in total. The predicted octanol–water partition coefficient (Wildman–Crippen LogP) is 3.29. The molecule has 1 atom stereocenters. The van der Waals surface area contributed by atoms with Gasteiger partial charge < -0.3 is 15.2 Å². The van der Waals surface area contributed by atoms with Gasteiger partial charge in [0, 0.05) is 11.6 Å². The van der Waals surface area contributed by atoms with Gasteiger partial charge in [-0.05, 0) is 43.7 Å². The molecule has 0 saturated carbocycles. The molecule has 0 fully saturated rings. The van der Waals surface area contributed by atoms with Crippen LogP contribution in [0.15, 0.2) is 48.5 Å². The second-order valence-electron chi connectivity index (χ2n) is 4.83. The van der Waals surface area contributed by atoms with Crippen LogP contribution in [-0.2, 0) is 6.42 Å². The number of ether oxygens (including phenoxy) is 1. The minimum Gasteiger partial charge on any atom is -0.508 e. The number of nitrogens with one attached hydrogen (secondary N) is 1. The first kappa shape index (κ1) is 14.4. The third kappa shape index (κ3) is 3.75. The van der Waals surface area contributed by atoms with Gasteiger partial charge in [-0.2, -0.15) is 0 Å². The maximum Gasteiger partial charge on any atom is 0.123 e. The first-order chi connectivity index (χ1) is 9.70. The standard InChI is InChI=1S/C17H21NO2/c1-13(16-5-3-4-6-17(16)20-2)18-12-11-14-7-9-15(19)10-8-14/h3-10,13,18-19H,11-12H2,1-2H3. The number of phenolic OH excluding ortho intramolecular Hbond substituents is 1. The van der Waals surface area contributed by atoms with E-state index in [0.29, 0.717) is 5.75 Å². The summed E-state index contributed by atoms with van der Waals surface area (Å²) >= 11 is 0. The van der Waals surface area contributed by atoms with Gasteiger partial charge in [0.25, 0.3) is 0 Å². The van der Waals surface area contributed by atoms with Crippen molar-refractivity contribution in [2.45, 2.75) is 19.4 Å². The molecule has 0 aliphatic rings. The van der Waals surface area contributed by atoms with Gasteiger partial charge in [0.05, 0.1) is 7.11 Å². The van der Waals surface area contributed by atoms with Gasteiger partial charge in [0.2, 0.25) is 0 Å². The molecule has 0 bridgehead atoms. The quantitative estimate of drug-likeness (QED) is 0.847. The van der Waals surface area contributed by atoms with Gasteiger partial charge in [-0.1, -0.05) is 30.3 Å². The summed E-state index contributed by atoms with van der Waals surface area (Å²) in [5.41, 5.74) is 2.38. The number of hydrogen-bond acceptors (Lipinski definition) is 3. The van der Waals surface area contributed by atoms with Crippen molar-refractivity contribution in [3.63, 3.8) is 0 Å². The van der Waals surface area contributed by atoms with Crippen LogP contribution in [0.2, 0.25) is 0 Å². The Kier molecular flexibility index (Phi) is 5.02. The zero-order valence-corrected chi connectivity index (χ0v) is 12.0. The van der Waals surface area contributed by atoms with Crippen LogP contribution in [0.3, 0.4) is 0 Å². The van der Waals surface area contributed by atoms with Crippen LogP contribution in [0.25, 0.3) is 0 Å². The molecule has 0 spiro atoms. The van der Waals surface area contributed by atoms with Crippen LogP contribution in [-0.4, -0.2) is 18.8 Å². The Hall–Kier alpha value is -2.00. The van der Waals surface area contributed by atoms with Crippen LogP contribution in [0.5, 0.6) is 11.5 Å². The van der Waals surface area contributed by atoms with Crippen LogP contribution < -0.4 is 10.1 Å². The van der Waals surface area contributed by atoms with E-state index in [0.717, 1.165) is 18.7 Å². The largest absolute Gasteiger partial charge is 0.508 e. The maximum absolute atomic E-state index is 9.25. The normalized spacial score (nSPS) is 12.1. The van der Waals surface area contributed by atoms with Gasteiger partial charge in [0.15, 0.2) is 0 Å². The molecular formula is C17H21NO2. The molecule has 2 N–H and O–H groups in total. The molecule has 2 aromatic rings. The number of phenols is 1. The lowest BCUT2D eigenvalue weighted by Gasteiger charge is -2.17. The van der Waals surface area contributed by atoms with E-state index in [4.69, 9.17) is 4.74 Å². The highest BCUT2D eigenvalue weighted by Gasteiger charge is 2.09. The fourth-order valence-corrected chi connectivity index (χ4v) is 2.23. The molecule has 0 heterocycles. The summed E-state index contributed by atoms with van der Waals surface area (Å²) in [5, 5.41) is 12.7. The van der Waals surface area contributed by atoms with Gasteiger partial charge in [-0.3, -0.25) is 0 Å². The van der Waals surface area contributed by atoms with E-state index in [1.165, 1.54) is 11.1 Å². The number of benzene rings is 2. The van der Waals surface area contributed by atoms with Crippen LogP contribution >= 0.6 is 0 Å². The fraction of sp³-hybridized carbons (Fsp3) is 0.294. The highest BCUT2D eigenvalue weighted by molar-refractivity contribution is 5.35. The lowest BCUT2D eigenvalue weighted by molar-refractivity contribution is 0.402. The molecule has 106 valence electrons. The van der Waals surface area contributed by atoms with Crippen molar-refractivity contribution in [2.75, 3.05) is 13.7 Å². The van der Waals surface area contributed by atoms with Crippen molar-refractivity contribution in [1.82, 2.24) is 5.32 Å². The van der Waals surface area contributed by atoms with Crippen molar-refractivity contribution in [3.05, 3.63) is 59.7 Å². The van der Waals surface area contributed by atoms with E-state index in [9.17, 15) is 5.11 Å². The Balaban J connectivity index is 1.89. The Bertz CT molecular complexity index is 537. The molecule has 20 heavy (non-hydrogen) atoms. The predicted molar refractivity (Wildman–Crippen MR) is 81.2 cm³/mol. The highest BCUT2D eigenvalue weighted by Crippen LogP contribution is 2.24. The third-order valence-electron chi connectivity index (χ3n) is 3.41. The lowest BCUT2D eigenvalue weighted by atomic mass is 10.1. The molecule has 2 rings (SSSR count). The first-order valence-corrected chi connectivity index (χ1v) is 6.85. The van der Waals surface area contributed by atoms with Crippen LogP contribution in [0, 0.1) is 0 Å². The van der Waals surface area contributed by atoms with E-state index in [-0.39, 0.29) is 6.04 Å². The third-order valence-corrected chi connectivity index (χ3v) is 3.41. The maximum atomic E-state index is 9.25. The number of hydrogen-bond donors (Lipinski definition) is 2. The van der Waals surface area contributed by atoms with E-state index in [2.05, 4.69) is 18.3 Å². The topological polar surface area (TPSA) is 41.5 Å². The van der Waals surface area contributed by atoms with E-state index < -0.39 is 0 Å². The van der Waals surface area contributed by atoms with E-state index in [1.807, 2.05) is 30.3 Å². The Morgan fingerprint density at radius 1 is 1.10 bits per heavy atom. The molecule has 0 amide bonds. The fourth-order valence-electron chi connectivity index (χ4n) is 2.23. The molecule has 2 aromatic carbocycles. The Morgan fingerprint density at radius 2 is 1.80 bits per heavy atom. The highest BCUT2D eigenvalue weighted by atomic mass is 16.5.